The summed E-state index contributed by atoms with van der Waals surface area (Å²) in [5.41, 5.74) is 4.92. The highest BCUT2D eigenvalue weighted by Crippen LogP contribution is 2.24. The molecule has 0 radical (unpaired) electrons. The van der Waals surface area contributed by atoms with E-state index in [1.54, 1.807) is 65.4 Å². The number of aromatic nitrogens is 1. The van der Waals surface area contributed by atoms with Gasteiger partial charge in [-0.3, -0.25) is 29.9 Å². The van der Waals surface area contributed by atoms with Gasteiger partial charge in [0.05, 0.1) is 16.8 Å². The molecule has 2 N–H and O–H groups in total. The van der Waals surface area contributed by atoms with Crippen LogP contribution in [0.25, 0.3) is 11.8 Å². The van der Waals surface area contributed by atoms with Gasteiger partial charge in [0.25, 0.3) is 23.6 Å². The third kappa shape index (κ3) is 2.70. The monoisotopic (exact) mass is 398 g/mol. The van der Waals surface area contributed by atoms with Crippen LogP contribution in [0.2, 0.25) is 0 Å². The van der Waals surface area contributed by atoms with Crippen molar-refractivity contribution in [2.24, 2.45) is 0 Å². The highest BCUT2D eigenvalue weighted by atomic mass is 16.2. The number of nitrogens with one attached hydrogen (secondary N) is 2. The SMILES string of the molecule is O=C1NN(c2ccccc2)C(=O)C1=Cc1cccn1-c1ccc2c(c1)C(=O)NC2=O. The summed E-state index contributed by atoms with van der Waals surface area (Å²) in [6.45, 7) is 0. The van der Waals surface area contributed by atoms with Crippen LogP contribution in [-0.2, 0) is 9.59 Å². The first-order chi connectivity index (χ1) is 14.5. The van der Waals surface area contributed by atoms with E-state index in [9.17, 15) is 19.2 Å². The van der Waals surface area contributed by atoms with Crippen molar-refractivity contribution in [3.63, 3.8) is 0 Å². The number of nitrogens with zero attached hydrogens (tertiary/aromatic N) is 2. The fourth-order valence-electron chi connectivity index (χ4n) is 3.52. The van der Waals surface area contributed by atoms with Gasteiger partial charge in [-0.1, -0.05) is 18.2 Å². The average Bonchev–Trinajstić information content (AvgIpc) is 3.41. The maximum absolute atomic E-state index is 12.8. The molecular formula is C22H14N4O4. The van der Waals surface area contributed by atoms with Crippen molar-refractivity contribution >= 4 is 35.4 Å². The molecule has 8 heteroatoms. The molecule has 4 amide bonds. The van der Waals surface area contributed by atoms with E-state index in [-0.39, 0.29) is 11.1 Å². The smallest absolute Gasteiger partial charge is 0.282 e. The molecule has 3 aromatic rings. The molecule has 3 heterocycles. The van der Waals surface area contributed by atoms with Crippen molar-refractivity contribution in [2.45, 2.75) is 0 Å². The Morgan fingerprint density at radius 3 is 2.30 bits per heavy atom. The summed E-state index contributed by atoms with van der Waals surface area (Å²) in [6, 6.07) is 17.2. The summed E-state index contributed by atoms with van der Waals surface area (Å²) < 4.78 is 1.73. The first kappa shape index (κ1) is 17.6. The van der Waals surface area contributed by atoms with Crippen LogP contribution >= 0.6 is 0 Å². The van der Waals surface area contributed by atoms with Crippen molar-refractivity contribution in [3.8, 4) is 5.69 Å². The molecule has 0 unspecified atom stereocenters. The maximum atomic E-state index is 12.8. The number of carbonyl (C=O) groups is 4. The maximum Gasteiger partial charge on any atom is 0.282 e. The molecule has 1 aromatic heterocycles. The van der Waals surface area contributed by atoms with Gasteiger partial charge >= 0.3 is 0 Å². The van der Waals surface area contributed by atoms with E-state index < -0.39 is 23.6 Å². The summed E-state index contributed by atoms with van der Waals surface area (Å²) in [4.78, 5) is 48.9. The summed E-state index contributed by atoms with van der Waals surface area (Å²) in [6.07, 6.45) is 3.24. The highest BCUT2D eigenvalue weighted by Gasteiger charge is 2.34. The van der Waals surface area contributed by atoms with E-state index in [0.717, 1.165) is 0 Å². The summed E-state index contributed by atoms with van der Waals surface area (Å²) >= 11 is 0. The zero-order chi connectivity index (χ0) is 20.8. The number of hydrogen-bond acceptors (Lipinski definition) is 4. The van der Waals surface area contributed by atoms with E-state index in [1.165, 1.54) is 11.1 Å². The second-order valence-corrected chi connectivity index (χ2v) is 6.79. The number of hydrazine groups is 1. The third-order valence-electron chi connectivity index (χ3n) is 4.98. The Labute approximate surface area is 170 Å². The van der Waals surface area contributed by atoms with Gasteiger partial charge in [-0.15, -0.1) is 0 Å². The standard InChI is InChI=1S/C22H14N4O4/c27-19-16-9-8-15(11-17(16)20(28)23-19)25-10-4-7-14(25)12-18-21(29)24-26(22(18)30)13-5-2-1-3-6-13/h1-12H,(H,24,29)(H,23,27,28). The molecule has 5 rings (SSSR count). The number of carbonyl (C=O) groups excluding carboxylic acids is 4. The number of rotatable bonds is 3. The largest absolute Gasteiger partial charge is 0.317 e. The molecule has 0 saturated carbocycles. The Kier molecular flexibility index (Phi) is 3.85. The number of imide groups is 1. The lowest BCUT2D eigenvalue weighted by Crippen LogP contribution is -2.35. The third-order valence-corrected chi connectivity index (χ3v) is 4.98. The van der Waals surface area contributed by atoms with E-state index in [0.29, 0.717) is 22.6 Å². The van der Waals surface area contributed by atoms with Crippen molar-refractivity contribution in [2.75, 3.05) is 5.01 Å². The van der Waals surface area contributed by atoms with Crippen LogP contribution in [0.15, 0.2) is 72.4 Å². The van der Waals surface area contributed by atoms with Gasteiger partial charge in [-0.25, -0.2) is 5.01 Å². The molecule has 0 bridgehead atoms. The molecule has 2 aliphatic heterocycles. The zero-order valence-electron chi connectivity index (χ0n) is 15.5. The summed E-state index contributed by atoms with van der Waals surface area (Å²) in [5.74, 6) is -1.84. The van der Waals surface area contributed by atoms with Gasteiger partial charge < -0.3 is 4.57 Å². The van der Waals surface area contributed by atoms with E-state index in [4.69, 9.17) is 0 Å². The Bertz CT molecular complexity index is 1270. The fraction of sp³-hybridized carbons (Fsp3) is 0. The first-order valence-electron chi connectivity index (χ1n) is 9.12. The van der Waals surface area contributed by atoms with Crippen molar-refractivity contribution < 1.29 is 19.2 Å². The molecule has 2 aliphatic rings. The van der Waals surface area contributed by atoms with E-state index >= 15 is 0 Å². The topological polar surface area (TPSA) is 101 Å². The van der Waals surface area contributed by atoms with Crippen molar-refractivity contribution in [1.82, 2.24) is 15.3 Å². The minimum atomic E-state index is -0.504. The summed E-state index contributed by atoms with van der Waals surface area (Å²) in [7, 11) is 0. The number of hydrogen-bond donors (Lipinski definition) is 2. The molecule has 1 saturated heterocycles. The van der Waals surface area contributed by atoms with Gasteiger partial charge in [0, 0.05) is 17.6 Å². The van der Waals surface area contributed by atoms with E-state index in [1.807, 2.05) is 6.07 Å². The minimum Gasteiger partial charge on any atom is -0.317 e. The highest BCUT2D eigenvalue weighted by molar-refractivity contribution is 6.31. The second-order valence-electron chi connectivity index (χ2n) is 6.79. The summed E-state index contributed by atoms with van der Waals surface area (Å²) in [5, 5.41) is 3.46. The lowest BCUT2D eigenvalue weighted by molar-refractivity contribution is -0.117. The quantitative estimate of drug-likeness (QED) is 0.399. The van der Waals surface area contributed by atoms with Crippen LogP contribution in [0, 0.1) is 0 Å². The number of amides is 4. The Hall–Kier alpha value is -4.46. The van der Waals surface area contributed by atoms with Crippen LogP contribution in [-0.4, -0.2) is 28.2 Å². The van der Waals surface area contributed by atoms with Crippen molar-refractivity contribution in [1.29, 1.82) is 0 Å². The minimum absolute atomic E-state index is 0.00659. The predicted molar refractivity (Wildman–Crippen MR) is 108 cm³/mol. The predicted octanol–water partition coefficient (Wildman–Crippen LogP) is 1.82. The van der Waals surface area contributed by atoms with Crippen LogP contribution in [0.3, 0.4) is 0 Å². The molecule has 0 spiro atoms. The van der Waals surface area contributed by atoms with Gasteiger partial charge in [-0.05, 0) is 48.5 Å². The zero-order valence-corrected chi connectivity index (χ0v) is 15.5. The van der Waals surface area contributed by atoms with Crippen LogP contribution in [0.4, 0.5) is 5.69 Å². The Balaban J connectivity index is 1.52. The number of anilines is 1. The normalized spacial score (nSPS) is 16.8. The lowest BCUT2D eigenvalue weighted by atomic mass is 10.1. The van der Waals surface area contributed by atoms with E-state index in [2.05, 4.69) is 10.7 Å². The molecular weight excluding hydrogens is 384 g/mol. The van der Waals surface area contributed by atoms with Gasteiger partial charge in [-0.2, -0.15) is 0 Å². The first-order valence-corrected chi connectivity index (χ1v) is 9.12. The molecule has 30 heavy (non-hydrogen) atoms. The Morgan fingerprint density at radius 1 is 0.733 bits per heavy atom. The molecule has 8 nitrogen and oxygen atoms in total. The number of fused-ring (bicyclic) bond motifs is 1. The molecule has 0 aliphatic carbocycles. The van der Waals surface area contributed by atoms with Crippen LogP contribution in [0.5, 0.6) is 0 Å². The number of para-hydroxylation sites is 1. The van der Waals surface area contributed by atoms with Crippen LogP contribution < -0.4 is 15.8 Å². The van der Waals surface area contributed by atoms with Gasteiger partial charge in [0.15, 0.2) is 0 Å². The lowest BCUT2D eigenvalue weighted by Gasteiger charge is -2.13. The molecule has 0 atom stereocenters. The van der Waals surface area contributed by atoms with Crippen molar-refractivity contribution in [3.05, 3.63) is 89.3 Å². The van der Waals surface area contributed by atoms with Gasteiger partial charge in [0.1, 0.15) is 5.57 Å². The molecule has 2 aromatic carbocycles. The molecule has 1 fully saturated rings. The average molecular weight is 398 g/mol. The molecule has 146 valence electrons. The second kappa shape index (κ2) is 6.56. The fourth-order valence-corrected chi connectivity index (χ4v) is 3.52. The van der Waals surface area contributed by atoms with Crippen LogP contribution in [0.1, 0.15) is 26.4 Å². The Morgan fingerprint density at radius 2 is 1.50 bits per heavy atom. The van der Waals surface area contributed by atoms with Gasteiger partial charge in [0.2, 0.25) is 0 Å². The number of benzene rings is 2.